The first-order valence-corrected chi connectivity index (χ1v) is 9.16. The van der Waals surface area contributed by atoms with Crippen molar-refractivity contribution in [2.75, 3.05) is 12.4 Å². The van der Waals surface area contributed by atoms with E-state index in [-0.39, 0.29) is 29.9 Å². The number of aliphatic imine (C=N–C) groups is 1. The van der Waals surface area contributed by atoms with Crippen molar-refractivity contribution in [2.45, 2.75) is 18.9 Å². The van der Waals surface area contributed by atoms with Gasteiger partial charge < -0.3 is 15.5 Å². The summed E-state index contributed by atoms with van der Waals surface area (Å²) in [4.78, 5) is 39.1. The number of hydrogen-bond acceptors (Lipinski definition) is 6. The molecule has 0 spiro atoms. The molecule has 0 saturated carbocycles. The Hall–Kier alpha value is -3.46. The standard InChI is InChI=1S/C19H18ClN7O2/c1-19(8-16(28)26(2)18(21)25-19)15-6-12(3-4-22-15)24-17(29)14-7-13-5-11(20)9-27(13)10-23-14/h3-7,9-10H,8H2,1-2H3,(H2,21,25)(H,22,24,29). The minimum atomic E-state index is -0.908. The average Bonchev–Trinajstić information content (AvgIpc) is 3.05. The number of nitrogens with zero attached hydrogens (tertiary/aromatic N) is 5. The maximum atomic E-state index is 12.6. The highest BCUT2D eigenvalue weighted by Crippen LogP contribution is 2.32. The van der Waals surface area contributed by atoms with Crippen LogP contribution < -0.4 is 11.1 Å². The molecule has 1 unspecified atom stereocenters. The lowest BCUT2D eigenvalue weighted by Gasteiger charge is -2.32. The summed E-state index contributed by atoms with van der Waals surface area (Å²) in [5, 5.41) is 3.36. The molecular weight excluding hydrogens is 394 g/mol. The summed E-state index contributed by atoms with van der Waals surface area (Å²) in [6.45, 7) is 1.78. The van der Waals surface area contributed by atoms with Gasteiger partial charge in [0.15, 0.2) is 5.96 Å². The van der Waals surface area contributed by atoms with Crippen LogP contribution in [0.5, 0.6) is 0 Å². The maximum absolute atomic E-state index is 12.6. The molecule has 0 aliphatic carbocycles. The summed E-state index contributed by atoms with van der Waals surface area (Å²) < 4.78 is 1.73. The second kappa shape index (κ2) is 6.85. The normalized spacial score (nSPS) is 19.3. The first kappa shape index (κ1) is 18.9. The number of anilines is 1. The fourth-order valence-corrected chi connectivity index (χ4v) is 3.37. The molecule has 29 heavy (non-hydrogen) atoms. The van der Waals surface area contributed by atoms with Crippen LogP contribution in [0.3, 0.4) is 0 Å². The lowest BCUT2D eigenvalue weighted by atomic mass is 9.91. The van der Waals surface area contributed by atoms with Gasteiger partial charge in [0.2, 0.25) is 5.91 Å². The molecule has 4 heterocycles. The molecule has 0 fully saturated rings. The molecular formula is C19H18ClN7O2. The van der Waals surface area contributed by atoms with Crippen LogP contribution in [0, 0.1) is 0 Å². The molecule has 3 N–H and O–H groups in total. The number of nitrogens with one attached hydrogen (secondary N) is 1. The van der Waals surface area contributed by atoms with E-state index in [4.69, 9.17) is 17.3 Å². The topological polar surface area (TPSA) is 118 Å². The predicted molar refractivity (Wildman–Crippen MR) is 109 cm³/mol. The number of hydrogen-bond donors (Lipinski definition) is 2. The number of carbonyl (C=O) groups excluding carboxylic acids is 2. The maximum Gasteiger partial charge on any atom is 0.274 e. The third-order valence-corrected chi connectivity index (χ3v) is 5.04. The van der Waals surface area contributed by atoms with Crippen molar-refractivity contribution in [1.82, 2.24) is 19.3 Å². The summed E-state index contributed by atoms with van der Waals surface area (Å²) in [5.41, 5.74) is 6.99. The van der Waals surface area contributed by atoms with Gasteiger partial charge in [0.25, 0.3) is 5.91 Å². The lowest BCUT2D eigenvalue weighted by molar-refractivity contribution is -0.128. The van der Waals surface area contributed by atoms with E-state index in [0.29, 0.717) is 16.4 Å². The highest BCUT2D eigenvalue weighted by Gasteiger charge is 2.37. The Balaban J connectivity index is 1.60. The Morgan fingerprint density at radius 1 is 1.31 bits per heavy atom. The van der Waals surface area contributed by atoms with E-state index >= 15 is 0 Å². The molecule has 1 atom stereocenters. The molecule has 0 aromatic carbocycles. The number of nitrogens with two attached hydrogens (primary N) is 1. The molecule has 10 heteroatoms. The molecule has 0 bridgehead atoms. The number of fused-ring (bicyclic) bond motifs is 1. The second-order valence-electron chi connectivity index (χ2n) is 7.02. The number of rotatable bonds is 3. The van der Waals surface area contributed by atoms with Gasteiger partial charge in [-0.15, -0.1) is 0 Å². The van der Waals surface area contributed by atoms with Crippen molar-refractivity contribution in [3.8, 4) is 0 Å². The van der Waals surface area contributed by atoms with Crippen LogP contribution in [0.25, 0.3) is 5.52 Å². The van der Waals surface area contributed by atoms with Crippen molar-refractivity contribution in [3.05, 3.63) is 59.4 Å². The molecule has 1 aliphatic rings. The van der Waals surface area contributed by atoms with Gasteiger partial charge in [-0.1, -0.05) is 11.6 Å². The van der Waals surface area contributed by atoms with Crippen LogP contribution >= 0.6 is 11.6 Å². The minimum Gasteiger partial charge on any atom is -0.369 e. The van der Waals surface area contributed by atoms with Crippen LogP contribution in [0.2, 0.25) is 5.02 Å². The summed E-state index contributed by atoms with van der Waals surface area (Å²) in [6.07, 6.45) is 4.91. The summed E-state index contributed by atoms with van der Waals surface area (Å²) in [7, 11) is 1.58. The Morgan fingerprint density at radius 3 is 2.86 bits per heavy atom. The van der Waals surface area contributed by atoms with Crippen molar-refractivity contribution in [3.63, 3.8) is 0 Å². The fraction of sp³-hybridized carbons (Fsp3) is 0.211. The van der Waals surface area contributed by atoms with E-state index in [1.165, 1.54) is 11.2 Å². The number of aromatic nitrogens is 3. The number of pyridine rings is 1. The van der Waals surface area contributed by atoms with E-state index in [2.05, 4.69) is 20.3 Å². The predicted octanol–water partition coefficient (Wildman–Crippen LogP) is 2.03. The molecule has 3 aromatic heterocycles. The molecule has 2 amide bonds. The van der Waals surface area contributed by atoms with Crippen LogP contribution in [0.4, 0.5) is 5.69 Å². The van der Waals surface area contributed by atoms with Gasteiger partial charge in [-0.05, 0) is 31.2 Å². The third kappa shape index (κ3) is 3.52. The number of halogens is 1. The molecule has 3 aromatic rings. The first-order chi connectivity index (χ1) is 13.7. The Morgan fingerprint density at radius 2 is 2.10 bits per heavy atom. The van der Waals surface area contributed by atoms with E-state index < -0.39 is 5.54 Å². The SMILES string of the molecule is CN1C(=O)CC(C)(c2cc(NC(=O)c3cc4cc(Cl)cn4cn3)ccn2)N=C1N. The summed E-state index contributed by atoms with van der Waals surface area (Å²) in [6, 6.07) is 6.72. The van der Waals surface area contributed by atoms with Gasteiger partial charge in [-0.2, -0.15) is 0 Å². The van der Waals surface area contributed by atoms with Crippen LogP contribution in [-0.2, 0) is 10.3 Å². The first-order valence-electron chi connectivity index (χ1n) is 8.78. The van der Waals surface area contributed by atoms with Gasteiger partial charge in [-0.25, -0.2) is 9.98 Å². The molecule has 9 nitrogen and oxygen atoms in total. The largest absolute Gasteiger partial charge is 0.369 e. The average molecular weight is 412 g/mol. The van der Waals surface area contributed by atoms with Crippen molar-refractivity contribution >= 4 is 40.6 Å². The Kier molecular flexibility index (Phi) is 4.46. The molecule has 148 valence electrons. The Labute approximate surface area is 171 Å². The van der Waals surface area contributed by atoms with Gasteiger partial charge in [-0.3, -0.25) is 19.5 Å². The van der Waals surface area contributed by atoms with E-state index in [9.17, 15) is 9.59 Å². The van der Waals surface area contributed by atoms with Crippen molar-refractivity contribution < 1.29 is 9.59 Å². The zero-order valence-electron chi connectivity index (χ0n) is 15.8. The lowest BCUT2D eigenvalue weighted by Crippen LogP contribution is -2.47. The van der Waals surface area contributed by atoms with Crippen molar-refractivity contribution in [2.24, 2.45) is 10.7 Å². The Bertz CT molecular complexity index is 1170. The van der Waals surface area contributed by atoms with E-state index in [1.54, 1.807) is 55.0 Å². The summed E-state index contributed by atoms with van der Waals surface area (Å²) >= 11 is 5.98. The minimum absolute atomic E-state index is 0.127. The van der Waals surface area contributed by atoms with Crippen LogP contribution in [-0.4, -0.2) is 44.1 Å². The van der Waals surface area contributed by atoms with Gasteiger partial charge in [0, 0.05) is 25.1 Å². The highest BCUT2D eigenvalue weighted by molar-refractivity contribution is 6.31. The van der Waals surface area contributed by atoms with Crippen LogP contribution in [0.15, 0.2) is 48.0 Å². The monoisotopic (exact) mass is 411 g/mol. The van der Waals surface area contributed by atoms with Gasteiger partial charge >= 0.3 is 0 Å². The summed E-state index contributed by atoms with van der Waals surface area (Å²) in [5.74, 6) is -0.405. The number of amides is 2. The van der Waals surface area contributed by atoms with Crippen LogP contribution in [0.1, 0.15) is 29.5 Å². The molecule has 0 radical (unpaired) electrons. The second-order valence-corrected chi connectivity index (χ2v) is 7.46. The fourth-order valence-electron chi connectivity index (χ4n) is 3.16. The van der Waals surface area contributed by atoms with Gasteiger partial charge in [0.05, 0.1) is 22.7 Å². The molecule has 4 rings (SSSR count). The zero-order chi connectivity index (χ0) is 20.8. The molecule has 1 aliphatic heterocycles. The smallest absolute Gasteiger partial charge is 0.274 e. The number of carbonyl (C=O) groups is 2. The highest BCUT2D eigenvalue weighted by atomic mass is 35.5. The van der Waals surface area contributed by atoms with E-state index in [1.807, 2.05) is 0 Å². The quantitative estimate of drug-likeness (QED) is 0.683. The third-order valence-electron chi connectivity index (χ3n) is 4.83. The van der Waals surface area contributed by atoms with Crippen molar-refractivity contribution in [1.29, 1.82) is 0 Å². The number of guanidine groups is 1. The van der Waals surface area contributed by atoms with Gasteiger partial charge in [0.1, 0.15) is 17.6 Å². The zero-order valence-corrected chi connectivity index (χ0v) is 16.5. The van der Waals surface area contributed by atoms with E-state index in [0.717, 1.165) is 5.52 Å². The molecule has 0 saturated heterocycles.